The van der Waals surface area contributed by atoms with Crippen LogP contribution in [0.4, 0.5) is 0 Å². The lowest BCUT2D eigenvalue weighted by Gasteiger charge is -2.07. The second kappa shape index (κ2) is 7.54. The van der Waals surface area contributed by atoms with Crippen LogP contribution in [0, 0.1) is 5.41 Å². The molecule has 0 bridgehead atoms. The van der Waals surface area contributed by atoms with E-state index in [4.69, 9.17) is 16.2 Å². The average molecular weight is 212 g/mol. The number of hydrogen-bond acceptors (Lipinski definition) is 3. The molecule has 0 spiro atoms. The van der Waals surface area contributed by atoms with Crippen molar-refractivity contribution in [1.82, 2.24) is 5.32 Å². The number of nitrogens with one attached hydrogen (secondary N) is 2. The normalized spacial score (nSPS) is 12.3. The molecule has 0 rings (SSSR count). The minimum atomic E-state index is -0.962. The summed E-state index contributed by atoms with van der Waals surface area (Å²) in [7, 11) is 0. The zero-order valence-electron chi connectivity index (χ0n) is 8.44. The molecule has 6 heteroatoms. The Morgan fingerprint density at radius 2 is 2.40 bits per heavy atom. The summed E-state index contributed by atoms with van der Waals surface area (Å²) in [5.41, 5.74) is 5.06. The number of carboxylic acid groups (broad SMARTS) is 1. The van der Waals surface area contributed by atoms with Crippen molar-refractivity contribution in [2.75, 3.05) is 6.54 Å². The molecule has 0 aromatic rings. The van der Waals surface area contributed by atoms with E-state index in [0.717, 1.165) is 0 Å². The van der Waals surface area contributed by atoms with Crippen LogP contribution in [-0.2, 0) is 4.79 Å². The van der Waals surface area contributed by atoms with Crippen molar-refractivity contribution in [2.24, 2.45) is 10.7 Å². The first-order valence-electron chi connectivity index (χ1n) is 4.52. The van der Waals surface area contributed by atoms with Crippen LogP contribution in [0.15, 0.2) is 17.6 Å². The Hall–Kier alpha value is -1.85. The van der Waals surface area contributed by atoms with Gasteiger partial charge in [-0.2, -0.15) is 0 Å². The molecule has 5 N–H and O–H groups in total. The third kappa shape index (κ3) is 7.24. The minimum Gasteiger partial charge on any atom is -0.480 e. The quantitative estimate of drug-likeness (QED) is 0.269. The first-order chi connectivity index (χ1) is 7.07. The molecule has 0 heterocycles. The maximum absolute atomic E-state index is 10.7. The van der Waals surface area contributed by atoms with Crippen molar-refractivity contribution < 1.29 is 9.90 Å². The van der Waals surface area contributed by atoms with E-state index in [9.17, 15) is 4.79 Å². The third-order valence-electron chi connectivity index (χ3n) is 1.63. The SMILES string of the molecule is C=CC=N[C@@H](CCCNC(=N)N)C(=O)O. The Morgan fingerprint density at radius 1 is 1.73 bits per heavy atom. The molecule has 15 heavy (non-hydrogen) atoms. The van der Waals surface area contributed by atoms with Gasteiger partial charge in [0.25, 0.3) is 0 Å². The number of carboxylic acids is 1. The smallest absolute Gasteiger partial charge is 0.328 e. The Labute approximate surface area is 88.4 Å². The van der Waals surface area contributed by atoms with E-state index in [1.54, 1.807) is 0 Å². The molecule has 84 valence electrons. The zero-order chi connectivity index (χ0) is 11.7. The van der Waals surface area contributed by atoms with Crippen molar-refractivity contribution in [3.05, 3.63) is 12.7 Å². The highest BCUT2D eigenvalue weighted by atomic mass is 16.4. The predicted octanol–water partition coefficient (Wildman–Crippen LogP) is -0.0403. The highest BCUT2D eigenvalue weighted by molar-refractivity contribution is 5.78. The average Bonchev–Trinajstić information content (AvgIpc) is 2.15. The summed E-state index contributed by atoms with van der Waals surface area (Å²) in [5.74, 6) is -1.08. The van der Waals surface area contributed by atoms with Crippen LogP contribution in [0.5, 0.6) is 0 Å². The second-order valence-electron chi connectivity index (χ2n) is 2.87. The molecule has 0 unspecified atom stereocenters. The molecule has 0 amide bonds. The van der Waals surface area contributed by atoms with Gasteiger partial charge in [-0.3, -0.25) is 10.4 Å². The number of carbonyl (C=O) groups is 1. The standard InChI is InChI=1S/C9H16N4O2/c1-2-5-12-7(8(14)15)4-3-6-13-9(10)11/h2,5,7H,1,3-4,6H2,(H,14,15)(H4,10,11,13)/t7-/m0/s1. The molecule has 0 aliphatic rings. The number of nitrogens with zero attached hydrogens (tertiary/aromatic N) is 1. The molecule has 0 aromatic heterocycles. The maximum atomic E-state index is 10.7. The fraction of sp³-hybridized carbons (Fsp3) is 0.444. The van der Waals surface area contributed by atoms with E-state index in [1.807, 2.05) is 0 Å². The molecule has 0 aromatic carbocycles. The first kappa shape index (κ1) is 13.2. The molecule has 6 nitrogen and oxygen atoms in total. The van der Waals surface area contributed by atoms with E-state index in [-0.39, 0.29) is 5.96 Å². The van der Waals surface area contributed by atoms with Gasteiger partial charge >= 0.3 is 5.97 Å². The number of hydrogen-bond donors (Lipinski definition) is 4. The van der Waals surface area contributed by atoms with Crippen LogP contribution < -0.4 is 11.1 Å². The Morgan fingerprint density at radius 3 is 2.87 bits per heavy atom. The van der Waals surface area contributed by atoms with Crippen LogP contribution in [0.25, 0.3) is 0 Å². The number of aliphatic carboxylic acids is 1. The molecule has 0 fully saturated rings. The van der Waals surface area contributed by atoms with Crippen molar-refractivity contribution in [2.45, 2.75) is 18.9 Å². The highest BCUT2D eigenvalue weighted by Crippen LogP contribution is 2.01. The van der Waals surface area contributed by atoms with E-state index >= 15 is 0 Å². The molecule has 0 saturated carbocycles. The van der Waals surface area contributed by atoms with Crippen LogP contribution in [-0.4, -0.2) is 35.8 Å². The number of nitrogens with two attached hydrogens (primary N) is 1. The summed E-state index contributed by atoms with van der Waals surface area (Å²) in [5, 5.41) is 18.2. The topological polar surface area (TPSA) is 112 Å². The zero-order valence-corrected chi connectivity index (χ0v) is 8.44. The Bertz CT molecular complexity index is 263. The van der Waals surface area contributed by atoms with E-state index in [1.165, 1.54) is 12.3 Å². The third-order valence-corrected chi connectivity index (χ3v) is 1.63. The van der Waals surface area contributed by atoms with Crippen molar-refractivity contribution >= 4 is 18.1 Å². The first-order valence-corrected chi connectivity index (χ1v) is 4.52. The lowest BCUT2D eigenvalue weighted by molar-refractivity contribution is -0.138. The molecule has 0 aliphatic carbocycles. The van der Waals surface area contributed by atoms with Crippen molar-refractivity contribution in [3.63, 3.8) is 0 Å². The van der Waals surface area contributed by atoms with Gasteiger partial charge in [-0.15, -0.1) is 0 Å². The van der Waals surface area contributed by atoms with E-state index in [2.05, 4.69) is 16.9 Å². The lowest BCUT2D eigenvalue weighted by atomic mass is 10.1. The number of aliphatic imine (C=N–C) groups is 1. The minimum absolute atomic E-state index is 0.114. The van der Waals surface area contributed by atoms with Gasteiger partial charge in [-0.05, 0) is 12.8 Å². The number of rotatable bonds is 7. The summed E-state index contributed by atoms with van der Waals surface area (Å²) in [4.78, 5) is 14.5. The van der Waals surface area contributed by atoms with Gasteiger partial charge in [0, 0.05) is 12.8 Å². The predicted molar refractivity (Wildman–Crippen MR) is 59.3 cm³/mol. The molecule has 0 aliphatic heterocycles. The van der Waals surface area contributed by atoms with Crippen LogP contribution in [0.2, 0.25) is 0 Å². The van der Waals surface area contributed by atoms with Gasteiger partial charge in [-0.1, -0.05) is 12.7 Å². The maximum Gasteiger partial charge on any atom is 0.328 e. The molecular weight excluding hydrogens is 196 g/mol. The summed E-state index contributed by atoms with van der Waals surface area (Å²) >= 11 is 0. The fourth-order valence-electron chi connectivity index (χ4n) is 0.945. The Balaban J connectivity index is 3.86. The van der Waals surface area contributed by atoms with Gasteiger partial charge < -0.3 is 16.2 Å². The number of guanidine groups is 1. The van der Waals surface area contributed by atoms with Gasteiger partial charge in [0.2, 0.25) is 0 Å². The van der Waals surface area contributed by atoms with Crippen LogP contribution in [0.1, 0.15) is 12.8 Å². The molecule has 1 atom stereocenters. The largest absolute Gasteiger partial charge is 0.480 e. The van der Waals surface area contributed by atoms with E-state index in [0.29, 0.717) is 19.4 Å². The Kier molecular flexibility index (Phi) is 6.61. The fourth-order valence-corrected chi connectivity index (χ4v) is 0.945. The highest BCUT2D eigenvalue weighted by Gasteiger charge is 2.13. The van der Waals surface area contributed by atoms with Crippen LogP contribution >= 0.6 is 0 Å². The summed E-state index contributed by atoms with van der Waals surface area (Å²) < 4.78 is 0. The summed E-state index contributed by atoms with van der Waals surface area (Å²) in [6, 6.07) is -0.753. The van der Waals surface area contributed by atoms with Crippen LogP contribution in [0.3, 0.4) is 0 Å². The monoisotopic (exact) mass is 212 g/mol. The molecular formula is C9H16N4O2. The van der Waals surface area contributed by atoms with Gasteiger partial charge in [0.1, 0.15) is 6.04 Å². The summed E-state index contributed by atoms with van der Waals surface area (Å²) in [6.07, 6.45) is 3.80. The van der Waals surface area contributed by atoms with Crippen molar-refractivity contribution in [3.8, 4) is 0 Å². The van der Waals surface area contributed by atoms with Gasteiger partial charge in [-0.25, -0.2) is 4.79 Å². The lowest BCUT2D eigenvalue weighted by Crippen LogP contribution is -2.31. The van der Waals surface area contributed by atoms with Crippen molar-refractivity contribution in [1.29, 1.82) is 5.41 Å². The number of allylic oxidation sites excluding steroid dienone is 1. The second-order valence-corrected chi connectivity index (χ2v) is 2.87. The van der Waals surface area contributed by atoms with Gasteiger partial charge in [0.15, 0.2) is 5.96 Å². The molecule has 0 radical (unpaired) electrons. The summed E-state index contributed by atoms with van der Waals surface area (Å²) in [6.45, 7) is 3.89. The van der Waals surface area contributed by atoms with E-state index < -0.39 is 12.0 Å². The molecule has 0 saturated heterocycles. The van der Waals surface area contributed by atoms with Gasteiger partial charge in [0.05, 0.1) is 0 Å².